The molecule has 0 aliphatic rings. The Morgan fingerprint density at radius 2 is 0.750 bits per heavy atom. The molecule has 2 heteroatoms. The van der Waals surface area contributed by atoms with Crippen molar-refractivity contribution >= 4 is 0 Å². The van der Waals surface area contributed by atoms with Crippen molar-refractivity contribution in [3.8, 4) is 0 Å². The number of hydrogen-bond donors (Lipinski definition) is 0. The molecule has 0 unspecified atom stereocenters. The molecule has 0 saturated heterocycles. The second-order valence-corrected chi connectivity index (χ2v) is 0. The van der Waals surface area contributed by atoms with E-state index in [2.05, 4.69) is 13.3 Å². The summed E-state index contributed by atoms with van der Waals surface area (Å²) in [5, 5.41) is 0. The molecule has 0 aromatic rings. The third-order valence-corrected chi connectivity index (χ3v) is 0. The van der Waals surface area contributed by atoms with E-state index in [1.165, 1.54) is 0 Å². The third-order valence-electron chi connectivity index (χ3n) is 0. The summed E-state index contributed by atoms with van der Waals surface area (Å²) in [5.41, 5.74) is 0. The van der Waals surface area contributed by atoms with Gasteiger partial charge in [0.25, 0.3) is 0 Å². The van der Waals surface area contributed by atoms with Gasteiger partial charge in [-0.1, -0.05) is 0 Å². The van der Waals surface area contributed by atoms with Crippen LogP contribution in [-0.4, -0.2) is 0 Å². The van der Waals surface area contributed by atoms with Gasteiger partial charge >= 0.3 is 22.6 Å². The quantitative estimate of drug-likeness (QED) is 0.275. The number of hydrogen-bond acceptors (Lipinski definition) is 0. The summed E-state index contributed by atoms with van der Waals surface area (Å²) < 4.78 is 15.0. The van der Waals surface area contributed by atoms with Crippen LogP contribution in [-0.2, 0) is 9.30 Å². The van der Waals surface area contributed by atoms with Crippen LogP contribution < -0.4 is 0 Å². The Bertz CT molecular complexity index is 19.5. The minimum absolute atomic E-state index is 4.50. The van der Waals surface area contributed by atoms with Crippen LogP contribution in [0.4, 0.5) is 0 Å². The topological polar surface area (TPSA) is 39.8 Å². The Labute approximate surface area is 23.9 Å². The van der Waals surface area contributed by atoms with E-state index in [4.69, 9.17) is 9.30 Å². The van der Waals surface area contributed by atoms with Gasteiger partial charge in [0.1, 0.15) is 0 Å². The monoisotopic (exact) mass is 56.0 g/mol. The summed E-state index contributed by atoms with van der Waals surface area (Å²) >= 11 is 0. The molecule has 0 aromatic carbocycles. The van der Waals surface area contributed by atoms with Gasteiger partial charge in [-0.25, -0.2) is 0 Å². The Kier molecular flexibility index (Phi) is 49.1. The van der Waals surface area contributed by atoms with Crippen LogP contribution in [0.25, 0.3) is 0 Å². The van der Waals surface area contributed by atoms with Crippen molar-refractivity contribution in [3.63, 3.8) is 0 Å². The number of rotatable bonds is 0. The van der Waals surface area contributed by atoms with E-state index in [0.29, 0.717) is 0 Å². The zero-order valence-corrected chi connectivity index (χ0v) is 1.82. The predicted octanol–water partition coefficient (Wildman–Crippen LogP) is -0.0750. The zero-order valence-electron chi connectivity index (χ0n) is 1.82. The van der Waals surface area contributed by atoms with Crippen molar-refractivity contribution in [3.05, 3.63) is 13.3 Å². The first kappa shape index (κ1) is 9.77. The third kappa shape index (κ3) is 1.26. The molecule has 0 atom stereocenters. The van der Waals surface area contributed by atoms with Gasteiger partial charge in [-0.15, -0.1) is 0 Å². The maximum absolute atomic E-state index is 7.50. The van der Waals surface area contributed by atoms with E-state index in [1.807, 2.05) is 0 Å². The minimum atomic E-state index is 4.50. The average molecular weight is 56.0 g/mol. The first-order valence-corrected chi connectivity index (χ1v) is 0.408. The zero-order chi connectivity index (χ0) is 4.00. The van der Waals surface area contributed by atoms with Gasteiger partial charge in [0.2, 0.25) is 0 Å². The van der Waals surface area contributed by atoms with Gasteiger partial charge < -0.3 is 0 Å². The van der Waals surface area contributed by atoms with Crippen molar-refractivity contribution in [2.75, 3.05) is 0 Å². The summed E-state index contributed by atoms with van der Waals surface area (Å²) in [6.45, 7) is 9.00. The van der Waals surface area contributed by atoms with E-state index in [0.717, 1.165) is 0 Å². The fraction of sp³-hybridized carbons (Fsp3) is 0. The first-order chi connectivity index (χ1) is 2.00. The Morgan fingerprint density at radius 3 is 0.750 bits per heavy atom. The summed E-state index contributed by atoms with van der Waals surface area (Å²) in [6.07, 6.45) is 0. The van der Waals surface area contributed by atoms with Crippen molar-refractivity contribution in [1.82, 2.24) is 0 Å². The molecule has 20 valence electrons. The van der Waals surface area contributed by atoms with Crippen molar-refractivity contribution in [1.29, 1.82) is 0 Å². The Balaban J connectivity index is 0. The molecule has 0 aromatic heterocycles. The molecular weight excluding hydrogens is 56.0 g/mol. The van der Waals surface area contributed by atoms with E-state index in [-0.39, 0.29) is 0 Å². The van der Waals surface area contributed by atoms with Gasteiger partial charge in [0, 0.05) is 0 Å². The first-order valence-electron chi connectivity index (χ1n) is 0.408. The molecule has 0 aliphatic carbocycles. The molecule has 0 aliphatic heterocycles. The standard InChI is InChI=1S/2CO/c2*1-2. The Morgan fingerprint density at radius 1 is 0.750 bits per heavy atom. The van der Waals surface area contributed by atoms with E-state index >= 15 is 0 Å². The van der Waals surface area contributed by atoms with E-state index in [1.54, 1.807) is 0 Å². The average Bonchev–Trinajstić information content (AvgIpc) is 1.50. The molecule has 0 radical (unpaired) electrons. The SMILES string of the molecule is [C-]#[O+].[C-]#[O+]. The molecule has 0 spiro atoms. The van der Waals surface area contributed by atoms with Crippen LogP contribution in [0.1, 0.15) is 0 Å². The molecule has 4 heavy (non-hydrogen) atoms. The van der Waals surface area contributed by atoms with Gasteiger partial charge in [0.05, 0.1) is 0 Å². The summed E-state index contributed by atoms with van der Waals surface area (Å²) in [6, 6.07) is 0. The molecule has 0 saturated carbocycles. The van der Waals surface area contributed by atoms with Crippen LogP contribution in [0, 0.1) is 13.3 Å². The van der Waals surface area contributed by atoms with Crippen LogP contribution in [0.15, 0.2) is 0 Å². The summed E-state index contributed by atoms with van der Waals surface area (Å²) in [5.74, 6) is 0. The normalized spacial score (nSPS) is 1.00. The van der Waals surface area contributed by atoms with Crippen molar-refractivity contribution in [2.45, 2.75) is 0 Å². The van der Waals surface area contributed by atoms with Gasteiger partial charge in [0.15, 0.2) is 0 Å². The van der Waals surface area contributed by atoms with E-state index in [9.17, 15) is 0 Å². The molecular formula is C2O2. The molecule has 2 nitrogen and oxygen atoms in total. The Hall–Kier alpha value is -0.520. The molecule has 0 N–H and O–H groups in total. The van der Waals surface area contributed by atoms with Gasteiger partial charge in [-0.2, -0.15) is 0 Å². The summed E-state index contributed by atoms with van der Waals surface area (Å²) in [7, 11) is 0. The molecule has 0 fully saturated rings. The fourth-order valence-corrected chi connectivity index (χ4v) is 0. The van der Waals surface area contributed by atoms with Crippen molar-refractivity contribution in [2.24, 2.45) is 0 Å². The maximum atomic E-state index is 7.50. The second-order valence-electron chi connectivity index (χ2n) is 0. The molecule has 0 rings (SSSR count). The van der Waals surface area contributed by atoms with Crippen LogP contribution in [0.2, 0.25) is 0 Å². The van der Waals surface area contributed by atoms with Crippen LogP contribution >= 0.6 is 0 Å². The van der Waals surface area contributed by atoms with Crippen molar-refractivity contribution < 1.29 is 9.30 Å². The summed E-state index contributed by atoms with van der Waals surface area (Å²) in [4.78, 5) is 0. The predicted molar refractivity (Wildman–Crippen MR) is 7.86 cm³/mol. The van der Waals surface area contributed by atoms with E-state index < -0.39 is 0 Å². The van der Waals surface area contributed by atoms with Crippen LogP contribution in [0.3, 0.4) is 0 Å². The van der Waals surface area contributed by atoms with Crippen LogP contribution in [0.5, 0.6) is 0 Å². The molecule has 0 amide bonds. The van der Waals surface area contributed by atoms with Gasteiger partial charge in [-0.05, 0) is 0 Å². The second kappa shape index (κ2) is 20.1. The molecule has 0 heterocycles. The molecule has 0 bridgehead atoms. The fourth-order valence-electron chi connectivity index (χ4n) is 0. The van der Waals surface area contributed by atoms with Gasteiger partial charge in [-0.3, -0.25) is 0 Å².